The summed E-state index contributed by atoms with van der Waals surface area (Å²) in [6.45, 7) is 7.09. The molecule has 4 heteroatoms. The summed E-state index contributed by atoms with van der Waals surface area (Å²) in [6, 6.07) is 0.229. The summed E-state index contributed by atoms with van der Waals surface area (Å²) >= 11 is 0. The molecule has 0 aromatic carbocycles. The van der Waals surface area contributed by atoms with Crippen LogP contribution in [0.4, 0.5) is 4.79 Å². The van der Waals surface area contributed by atoms with Gasteiger partial charge in [0.1, 0.15) is 6.61 Å². The minimum atomic E-state index is -0.296. The van der Waals surface area contributed by atoms with Crippen molar-refractivity contribution in [2.45, 2.75) is 33.2 Å². The van der Waals surface area contributed by atoms with E-state index in [1.165, 1.54) is 0 Å². The van der Waals surface area contributed by atoms with Crippen LogP contribution >= 0.6 is 0 Å². The Morgan fingerprint density at radius 1 is 1.47 bits per heavy atom. The molecule has 4 nitrogen and oxygen atoms in total. The van der Waals surface area contributed by atoms with Gasteiger partial charge in [-0.1, -0.05) is 13.8 Å². The predicted molar refractivity (Wildman–Crippen MR) is 57.5 cm³/mol. The number of carbonyl (C=O) groups is 1. The second-order valence-corrected chi connectivity index (χ2v) is 4.55. The summed E-state index contributed by atoms with van der Waals surface area (Å²) in [4.78, 5) is 13.4. The maximum absolute atomic E-state index is 11.7. The van der Waals surface area contributed by atoms with Crippen molar-refractivity contribution in [2.75, 3.05) is 19.8 Å². The fourth-order valence-corrected chi connectivity index (χ4v) is 2.17. The minimum absolute atomic E-state index is 0.0881. The molecule has 15 heavy (non-hydrogen) atoms. The average molecular weight is 215 g/mol. The van der Waals surface area contributed by atoms with Crippen molar-refractivity contribution in [1.29, 1.82) is 0 Å². The molecule has 0 saturated carbocycles. The van der Waals surface area contributed by atoms with Crippen LogP contribution in [0.15, 0.2) is 0 Å². The molecule has 1 rings (SSSR count). The first kappa shape index (κ1) is 12.3. The van der Waals surface area contributed by atoms with Crippen LogP contribution in [-0.4, -0.2) is 41.9 Å². The molecule has 0 bridgehead atoms. The fourth-order valence-electron chi connectivity index (χ4n) is 2.17. The molecule has 1 N–H and O–H groups in total. The Kier molecular flexibility index (Phi) is 4.39. The average Bonchev–Trinajstić information content (AvgIpc) is 2.19. The van der Waals surface area contributed by atoms with E-state index in [-0.39, 0.29) is 25.3 Å². The highest BCUT2D eigenvalue weighted by Gasteiger charge is 2.32. The van der Waals surface area contributed by atoms with E-state index in [9.17, 15) is 4.79 Å². The van der Waals surface area contributed by atoms with Crippen molar-refractivity contribution < 1.29 is 14.6 Å². The summed E-state index contributed by atoms with van der Waals surface area (Å²) in [6.07, 6.45) is 0.861. The summed E-state index contributed by atoms with van der Waals surface area (Å²) in [5.41, 5.74) is 0. The molecule has 3 atom stereocenters. The predicted octanol–water partition coefficient (Wildman–Crippen LogP) is 1.48. The van der Waals surface area contributed by atoms with Crippen LogP contribution < -0.4 is 0 Å². The molecule has 3 unspecified atom stereocenters. The van der Waals surface area contributed by atoms with Crippen molar-refractivity contribution in [2.24, 2.45) is 11.8 Å². The van der Waals surface area contributed by atoms with E-state index in [0.717, 1.165) is 13.0 Å². The number of nitrogens with zero attached hydrogens (tertiary/aromatic N) is 1. The largest absolute Gasteiger partial charge is 0.447 e. The molecule has 1 aliphatic rings. The quantitative estimate of drug-likeness (QED) is 0.759. The topological polar surface area (TPSA) is 49.8 Å². The zero-order valence-corrected chi connectivity index (χ0v) is 9.77. The first-order chi connectivity index (χ1) is 7.06. The van der Waals surface area contributed by atoms with E-state index in [2.05, 4.69) is 20.8 Å². The van der Waals surface area contributed by atoms with Crippen molar-refractivity contribution in [1.82, 2.24) is 4.90 Å². The first-order valence-corrected chi connectivity index (χ1v) is 5.60. The molecular formula is C11H21NO3. The number of hydrogen-bond acceptors (Lipinski definition) is 3. The molecule has 0 aliphatic carbocycles. The van der Waals surface area contributed by atoms with E-state index in [1.54, 1.807) is 4.90 Å². The van der Waals surface area contributed by atoms with Crippen molar-refractivity contribution in [3.8, 4) is 0 Å². The normalized spacial score (nSPS) is 31.5. The highest BCUT2D eigenvalue weighted by Crippen LogP contribution is 2.27. The van der Waals surface area contributed by atoms with Gasteiger partial charge in [-0.15, -0.1) is 0 Å². The third-order valence-electron chi connectivity index (χ3n) is 3.15. The van der Waals surface area contributed by atoms with Gasteiger partial charge in [0.2, 0.25) is 0 Å². The van der Waals surface area contributed by atoms with Gasteiger partial charge >= 0.3 is 6.09 Å². The number of ether oxygens (including phenoxy) is 1. The molecule has 0 radical (unpaired) electrons. The molecule has 0 aromatic rings. The molecule has 1 fully saturated rings. The highest BCUT2D eigenvalue weighted by atomic mass is 16.6. The van der Waals surface area contributed by atoms with Crippen molar-refractivity contribution in [3.63, 3.8) is 0 Å². The Balaban J connectivity index is 2.54. The lowest BCUT2D eigenvalue weighted by Gasteiger charge is -2.40. The zero-order valence-electron chi connectivity index (χ0n) is 9.77. The van der Waals surface area contributed by atoms with Crippen LogP contribution in [0.3, 0.4) is 0 Å². The van der Waals surface area contributed by atoms with Gasteiger partial charge in [0.05, 0.1) is 6.61 Å². The SMILES string of the molecule is CC1CC(C)C(C)N(C(=O)OCCO)C1. The summed E-state index contributed by atoms with van der Waals surface area (Å²) in [5, 5.41) is 8.59. The van der Waals surface area contributed by atoms with Crippen LogP contribution in [0.5, 0.6) is 0 Å². The van der Waals surface area contributed by atoms with E-state index in [0.29, 0.717) is 11.8 Å². The second kappa shape index (κ2) is 5.35. The maximum Gasteiger partial charge on any atom is 0.410 e. The molecule has 1 heterocycles. The first-order valence-electron chi connectivity index (χ1n) is 5.60. The van der Waals surface area contributed by atoms with Crippen LogP contribution in [0.25, 0.3) is 0 Å². The van der Waals surface area contributed by atoms with Gasteiger partial charge in [-0.25, -0.2) is 4.79 Å². The molecule has 1 amide bonds. The van der Waals surface area contributed by atoms with Crippen LogP contribution in [0, 0.1) is 11.8 Å². The van der Waals surface area contributed by atoms with Gasteiger partial charge in [0.15, 0.2) is 0 Å². The third kappa shape index (κ3) is 3.09. The molecule has 0 spiro atoms. The Labute approximate surface area is 91.2 Å². The molecule has 0 aromatic heterocycles. The lowest BCUT2D eigenvalue weighted by molar-refractivity contribution is 0.0386. The third-order valence-corrected chi connectivity index (χ3v) is 3.15. The lowest BCUT2D eigenvalue weighted by atomic mass is 9.86. The number of aliphatic hydroxyl groups excluding tert-OH is 1. The standard InChI is InChI=1S/C11H21NO3/c1-8-6-9(2)10(3)12(7-8)11(14)15-5-4-13/h8-10,13H,4-7H2,1-3H3. The number of amides is 1. The Hall–Kier alpha value is -0.770. The van der Waals surface area contributed by atoms with Crippen molar-refractivity contribution in [3.05, 3.63) is 0 Å². The minimum Gasteiger partial charge on any atom is -0.447 e. The van der Waals surface area contributed by atoms with E-state index >= 15 is 0 Å². The summed E-state index contributed by atoms with van der Waals surface area (Å²) in [5.74, 6) is 1.04. The Morgan fingerprint density at radius 2 is 2.13 bits per heavy atom. The van der Waals surface area contributed by atoms with Crippen LogP contribution in [0.2, 0.25) is 0 Å². The van der Waals surface area contributed by atoms with Crippen LogP contribution in [0.1, 0.15) is 27.2 Å². The summed E-state index contributed by atoms with van der Waals surface area (Å²) < 4.78 is 4.93. The number of rotatable bonds is 2. The van der Waals surface area contributed by atoms with Gasteiger partial charge in [-0.05, 0) is 25.2 Å². The molecular weight excluding hydrogens is 194 g/mol. The Bertz CT molecular complexity index is 220. The molecule has 1 aliphatic heterocycles. The number of likely N-dealkylation sites (tertiary alicyclic amines) is 1. The van der Waals surface area contributed by atoms with Gasteiger partial charge < -0.3 is 14.7 Å². The summed E-state index contributed by atoms with van der Waals surface area (Å²) in [7, 11) is 0. The number of piperidine rings is 1. The van der Waals surface area contributed by atoms with E-state index in [4.69, 9.17) is 9.84 Å². The van der Waals surface area contributed by atoms with Crippen molar-refractivity contribution >= 4 is 6.09 Å². The zero-order chi connectivity index (χ0) is 11.4. The molecule has 88 valence electrons. The number of carbonyl (C=O) groups excluding carboxylic acids is 1. The monoisotopic (exact) mass is 215 g/mol. The van der Waals surface area contributed by atoms with Gasteiger partial charge in [0, 0.05) is 12.6 Å². The van der Waals surface area contributed by atoms with Gasteiger partial charge in [-0.2, -0.15) is 0 Å². The van der Waals surface area contributed by atoms with E-state index < -0.39 is 0 Å². The maximum atomic E-state index is 11.7. The number of hydrogen-bond donors (Lipinski definition) is 1. The van der Waals surface area contributed by atoms with Crippen LogP contribution in [-0.2, 0) is 4.74 Å². The molecule has 1 saturated heterocycles. The lowest BCUT2D eigenvalue weighted by Crippen LogP contribution is -2.49. The smallest absolute Gasteiger partial charge is 0.410 e. The Morgan fingerprint density at radius 3 is 2.73 bits per heavy atom. The van der Waals surface area contributed by atoms with Gasteiger partial charge in [0.25, 0.3) is 0 Å². The van der Waals surface area contributed by atoms with Gasteiger partial charge in [-0.3, -0.25) is 0 Å². The fraction of sp³-hybridized carbons (Fsp3) is 0.909. The highest BCUT2D eigenvalue weighted by molar-refractivity contribution is 5.68. The van der Waals surface area contributed by atoms with E-state index in [1.807, 2.05) is 0 Å². The second-order valence-electron chi connectivity index (χ2n) is 4.55. The number of aliphatic hydroxyl groups is 1.